The number of anilines is 6. The molecule has 4 heterocycles. The highest BCUT2D eigenvalue weighted by Crippen LogP contribution is 2.34. The van der Waals surface area contributed by atoms with Crippen LogP contribution in [0.25, 0.3) is 0 Å². The molecule has 1 atom stereocenters. The van der Waals surface area contributed by atoms with Crippen molar-refractivity contribution in [2.24, 2.45) is 5.92 Å². The first-order valence-corrected chi connectivity index (χ1v) is 20.3. The molecule has 3 amide bonds. The van der Waals surface area contributed by atoms with Gasteiger partial charge in [-0.2, -0.15) is 4.98 Å². The van der Waals surface area contributed by atoms with Gasteiger partial charge in [0.25, 0.3) is 0 Å². The first-order valence-electron chi connectivity index (χ1n) is 19.9. The van der Waals surface area contributed by atoms with Gasteiger partial charge in [0.1, 0.15) is 16.8 Å². The number of aromatic nitrogens is 2. The molecule has 0 saturated carbocycles. The van der Waals surface area contributed by atoms with Crippen molar-refractivity contribution in [3.05, 3.63) is 89.1 Å². The van der Waals surface area contributed by atoms with Crippen molar-refractivity contribution >= 4 is 69.6 Å². The Morgan fingerprint density at radius 2 is 1.66 bits per heavy atom. The number of halogens is 1. The van der Waals surface area contributed by atoms with Gasteiger partial charge in [-0.05, 0) is 80.2 Å². The predicted molar refractivity (Wildman–Crippen MR) is 226 cm³/mol. The molecule has 304 valence electrons. The molecule has 3 aromatic carbocycles. The number of hydrogen-bond donors (Lipinski definition) is 4. The van der Waals surface area contributed by atoms with E-state index in [2.05, 4.69) is 53.2 Å². The molecule has 0 spiro atoms. The fourth-order valence-electron chi connectivity index (χ4n) is 7.67. The van der Waals surface area contributed by atoms with Gasteiger partial charge in [0, 0.05) is 61.5 Å². The van der Waals surface area contributed by atoms with E-state index in [9.17, 15) is 19.2 Å². The SMILES string of the molecule is COc1cc(N2CCN(C(=O)CN3CCC(c4ccc(NC5CCC(=O)NC5=O)cc4)CC3)CC2)ccc1Nc1ncc(Cl)c(Nc2ccccc2C(=O)C(C)C)n1. The third-order valence-electron chi connectivity index (χ3n) is 11.1. The smallest absolute Gasteiger partial charge is 0.249 e. The molecule has 4 aromatic rings. The quantitative estimate of drug-likeness (QED) is 0.0895. The van der Waals surface area contributed by atoms with Crippen molar-refractivity contribution in [3.63, 3.8) is 0 Å². The molecule has 3 fully saturated rings. The van der Waals surface area contributed by atoms with Crippen LogP contribution in [0.4, 0.5) is 34.5 Å². The number of hydrogen-bond acceptors (Lipinski definition) is 12. The summed E-state index contributed by atoms with van der Waals surface area (Å²) in [5.41, 5.74) is 4.95. The van der Waals surface area contributed by atoms with Crippen LogP contribution in [-0.2, 0) is 14.4 Å². The van der Waals surface area contributed by atoms with Gasteiger partial charge in [0.2, 0.25) is 23.7 Å². The number of Topliss-reactive ketones (excluding diaryl/α,β-unsaturated/α-hetero) is 1. The zero-order valence-electron chi connectivity index (χ0n) is 33.1. The minimum absolute atomic E-state index is 0.0153. The molecule has 0 bridgehead atoms. The maximum atomic E-state index is 13.4. The molecule has 4 N–H and O–H groups in total. The van der Waals surface area contributed by atoms with Gasteiger partial charge >= 0.3 is 0 Å². The number of ether oxygens (including phenoxy) is 1. The summed E-state index contributed by atoms with van der Waals surface area (Å²) in [6, 6.07) is 21.0. The largest absolute Gasteiger partial charge is 0.494 e. The van der Waals surface area contributed by atoms with E-state index >= 15 is 0 Å². The Morgan fingerprint density at radius 1 is 0.914 bits per heavy atom. The van der Waals surface area contributed by atoms with E-state index < -0.39 is 6.04 Å². The fraction of sp³-hybridized carbons (Fsp3) is 0.395. The molecule has 3 saturated heterocycles. The number of carbonyl (C=O) groups excluding carboxylic acids is 4. The number of carbonyl (C=O) groups is 4. The predicted octanol–water partition coefficient (Wildman–Crippen LogP) is 6.21. The van der Waals surface area contributed by atoms with Crippen LogP contribution in [0, 0.1) is 5.92 Å². The highest BCUT2D eigenvalue weighted by molar-refractivity contribution is 6.33. The number of piperazine rings is 1. The van der Waals surface area contributed by atoms with Crippen LogP contribution in [0.3, 0.4) is 0 Å². The number of piperidine rings is 2. The van der Waals surface area contributed by atoms with Gasteiger partial charge in [-0.25, -0.2) is 4.98 Å². The number of imide groups is 1. The first-order chi connectivity index (χ1) is 28.0. The van der Waals surface area contributed by atoms with Gasteiger partial charge < -0.3 is 30.5 Å². The monoisotopic (exact) mass is 807 g/mol. The minimum Gasteiger partial charge on any atom is -0.494 e. The molecule has 7 rings (SSSR count). The van der Waals surface area contributed by atoms with Crippen molar-refractivity contribution < 1.29 is 23.9 Å². The van der Waals surface area contributed by atoms with Crippen molar-refractivity contribution in [1.29, 1.82) is 0 Å². The van der Waals surface area contributed by atoms with Crippen molar-refractivity contribution in [2.75, 3.05) is 73.8 Å². The lowest BCUT2D eigenvalue weighted by Crippen LogP contribution is -2.51. The highest BCUT2D eigenvalue weighted by atomic mass is 35.5. The number of para-hydroxylation sites is 1. The van der Waals surface area contributed by atoms with E-state index in [1.54, 1.807) is 13.2 Å². The molecule has 0 radical (unpaired) electrons. The zero-order chi connectivity index (χ0) is 40.8. The number of likely N-dealkylation sites (tertiary alicyclic amines) is 1. The van der Waals surface area contributed by atoms with Gasteiger partial charge in [-0.1, -0.05) is 49.7 Å². The minimum atomic E-state index is -0.401. The van der Waals surface area contributed by atoms with E-state index in [-0.39, 0.29) is 29.4 Å². The number of benzene rings is 3. The van der Waals surface area contributed by atoms with Crippen molar-refractivity contribution in [2.45, 2.75) is 51.5 Å². The molecule has 58 heavy (non-hydrogen) atoms. The van der Waals surface area contributed by atoms with E-state index in [0.717, 1.165) is 37.3 Å². The number of rotatable bonds is 13. The molecule has 1 unspecified atom stereocenters. The van der Waals surface area contributed by atoms with Gasteiger partial charge in [-0.3, -0.25) is 29.4 Å². The molecule has 15 heteroatoms. The van der Waals surface area contributed by atoms with E-state index in [0.29, 0.717) is 91.0 Å². The second-order valence-corrected chi connectivity index (χ2v) is 15.7. The van der Waals surface area contributed by atoms with Crippen LogP contribution in [0.1, 0.15) is 61.4 Å². The molecule has 1 aromatic heterocycles. The Bertz CT molecular complexity index is 2130. The average molecular weight is 808 g/mol. The summed E-state index contributed by atoms with van der Waals surface area (Å²) in [5, 5.41) is 12.4. The number of ketones is 1. The van der Waals surface area contributed by atoms with Crippen LogP contribution in [0.5, 0.6) is 5.75 Å². The first kappa shape index (κ1) is 40.5. The topological polar surface area (TPSA) is 161 Å². The summed E-state index contributed by atoms with van der Waals surface area (Å²) in [7, 11) is 1.61. The zero-order valence-corrected chi connectivity index (χ0v) is 33.8. The Morgan fingerprint density at radius 3 is 2.36 bits per heavy atom. The summed E-state index contributed by atoms with van der Waals surface area (Å²) in [5.74, 6) is 1.20. The average Bonchev–Trinajstić information content (AvgIpc) is 3.23. The summed E-state index contributed by atoms with van der Waals surface area (Å²) in [4.78, 5) is 65.2. The number of methoxy groups -OCH3 is 1. The van der Waals surface area contributed by atoms with Crippen LogP contribution >= 0.6 is 11.6 Å². The Kier molecular flexibility index (Phi) is 12.7. The number of nitrogens with one attached hydrogen (secondary N) is 4. The maximum absolute atomic E-state index is 13.4. The molecule has 3 aliphatic rings. The molecule has 3 aliphatic heterocycles. The standard InChI is InChI=1S/C43H50ClN9O5/c1-27(2)40(56)32-6-4-5-7-34(32)47-41-33(44)25-45-43(50-41)48-35-13-12-31(24-37(35)58-3)52-20-22-53(23-21-52)39(55)26-51-18-16-29(17-19-51)28-8-10-30(11-9-28)46-36-14-15-38(54)49-42(36)57/h4-13,24-25,27,29,36,46H,14-23,26H2,1-3H3,(H,49,54,57)(H2,45,47,48,50). The summed E-state index contributed by atoms with van der Waals surface area (Å²) >= 11 is 6.47. The van der Waals surface area contributed by atoms with E-state index in [4.69, 9.17) is 16.3 Å². The summed E-state index contributed by atoms with van der Waals surface area (Å²) < 4.78 is 5.76. The van der Waals surface area contributed by atoms with Gasteiger partial charge in [0.05, 0.1) is 31.2 Å². The second kappa shape index (κ2) is 18.2. The van der Waals surface area contributed by atoms with Crippen LogP contribution in [-0.4, -0.2) is 102 Å². The molecular weight excluding hydrogens is 758 g/mol. The van der Waals surface area contributed by atoms with E-state index in [1.165, 1.54) is 11.8 Å². The Labute approximate surface area is 343 Å². The number of nitrogens with zero attached hydrogens (tertiary/aromatic N) is 5. The lowest BCUT2D eigenvalue weighted by atomic mass is 9.89. The Balaban J connectivity index is 0.881. The third-order valence-corrected chi connectivity index (χ3v) is 11.3. The van der Waals surface area contributed by atoms with Gasteiger partial charge in [0.15, 0.2) is 11.6 Å². The summed E-state index contributed by atoms with van der Waals surface area (Å²) in [6.07, 6.45) is 4.29. The number of amides is 3. The fourth-order valence-corrected chi connectivity index (χ4v) is 7.81. The highest BCUT2D eigenvalue weighted by Gasteiger charge is 2.28. The van der Waals surface area contributed by atoms with Crippen LogP contribution in [0.15, 0.2) is 72.9 Å². The second-order valence-electron chi connectivity index (χ2n) is 15.3. The lowest BCUT2D eigenvalue weighted by molar-refractivity contribution is -0.134. The van der Waals surface area contributed by atoms with E-state index in [1.807, 2.05) is 67.3 Å². The molecule has 0 aliphatic carbocycles. The van der Waals surface area contributed by atoms with Crippen molar-refractivity contribution in [1.82, 2.24) is 25.1 Å². The van der Waals surface area contributed by atoms with Crippen LogP contribution < -0.4 is 30.9 Å². The summed E-state index contributed by atoms with van der Waals surface area (Å²) in [6.45, 7) is 8.54. The van der Waals surface area contributed by atoms with Crippen molar-refractivity contribution in [3.8, 4) is 5.75 Å². The third kappa shape index (κ3) is 9.68. The maximum Gasteiger partial charge on any atom is 0.249 e. The Hall–Kier alpha value is -5.73. The molecule has 14 nitrogen and oxygen atoms in total. The van der Waals surface area contributed by atoms with Gasteiger partial charge in [-0.15, -0.1) is 0 Å². The molecular formula is C43H50ClN9O5. The lowest BCUT2D eigenvalue weighted by Gasteiger charge is -2.38. The normalized spacial score (nSPS) is 17.8. The van der Waals surface area contributed by atoms with Crippen LogP contribution in [0.2, 0.25) is 5.02 Å².